The van der Waals surface area contributed by atoms with Gasteiger partial charge in [0.25, 0.3) is 0 Å². The van der Waals surface area contributed by atoms with E-state index in [2.05, 4.69) is 10.1 Å². The summed E-state index contributed by atoms with van der Waals surface area (Å²) in [5.74, 6) is 1.46. The second-order valence-electron chi connectivity index (χ2n) is 4.59. The zero-order valence-electron chi connectivity index (χ0n) is 9.90. The van der Waals surface area contributed by atoms with E-state index in [1.807, 2.05) is 13.0 Å². The van der Waals surface area contributed by atoms with Crippen LogP contribution in [0.5, 0.6) is 0 Å². The Kier molecular flexibility index (Phi) is 3.39. The quantitative estimate of drug-likeness (QED) is 0.782. The lowest BCUT2D eigenvalue weighted by atomic mass is 9.93. The molecule has 0 saturated carbocycles. The first-order valence-electron chi connectivity index (χ1n) is 5.80. The van der Waals surface area contributed by atoms with Crippen LogP contribution in [0.15, 0.2) is 10.6 Å². The molecule has 1 aromatic rings. The smallest absolute Gasteiger partial charge is 0.133 e. The standard InChI is InChI=1S/C12H18N2O2/c1-9-7-12(13-16-9)8-14-5-3-11(4-6-14)10(2)15/h7,11H,3-6,8H2,1-2H3. The van der Waals surface area contributed by atoms with E-state index in [0.29, 0.717) is 5.78 Å². The van der Waals surface area contributed by atoms with Gasteiger partial charge in [-0.1, -0.05) is 5.16 Å². The summed E-state index contributed by atoms with van der Waals surface area (Å²) < 4.78 is 5.03. The fraction of sp³-hybridized carbons (Fsp3) is 0.667. The van der Waals surface area contributed by atoms with Gasteiger partial charge < -0.3 is 4.52 Å². The van der Waals surface area contributed by atoms with Crippen molar-refractivity contribution >= 4 is 5.78 Å². The number of hydrogen-bond donors (Lipinski definition) is 0. The summed E-state index contributed by atoms with van der Waals surface area (Å²) in [6.45, 7) is 6.40. The van der Waals surface area contributed by atoms with E-state index in [1.165, 1.54) is 0 Å². The molecule has 0 spiro atoms. The summed E-state index contributed by atoms with van der Waals surface area (Å²) in [7, 11) is 0. The van der Waals surface area contributed by atoms with Gasteiger partial charge in [0, 0.05) is 18.5 Å². The molecule has 4 nitrogen and oxygen atoms in total. The van der Waals surface area contributed by atoms with Gasteiger partial charge in [-0.25, -0.2) is 0 Å². The molecule has 4 heteroatoms. The fourth-order valence-electron chi connectivity index (χ4n) is 2.22. The van der Waals surface area contributed by atoms with Crippen molar-refractivity contribution in [3.8, 4) is 0 Å². The zero-order chi connectivity index (χ0) is 11.5. The summed E-state index contributed by atoms with van der Waals surface area (Å²) in [5.41, 5.74) is 0.985. The number of aryl methyl sites for hydroxylation is 1. The van der Waals surface area contributed by atoms with Crippen LogP contribution < -0.4 is 0 Å². The Balaban J connectivity index is 1.83. The Bertz CT molecular complexity index is 365. The molecule has 0 aliphatic carbocycles. The number of carbonyl (C=O) groups excluding carboxylic acids is 1. The predicted octanol–water partition coefficient (Wildman–Crippen LogP) is 1.78. The highest BCUT2D eigenvalue weighted by molar-refractivity contribution is 5.78. The summed E-state index contributed by atoms with van der Waals surface area (Å²) in [6.07, 6.45) is 1.96. The second-order valence-corrected chi connectivity index (χ2v) is 4.59. The molecule has 0 unspecified atom stereocenters. The van der Waals surface area contributed by atoms with Gasteiger partial charge in [-0.2, -0.15) is 0 Å². The number of rotatable bonds is 3. The van der Waals surface area contributed by atoms with Crippen LogP contribution in [0.1, 0.15) is 31.2 Å². The molecule has 0 atom stereocenters. The number of likely N-dealkylation sites (tertiary alicyclic amines) is 1. The third kappa shape index (κ3) is 2.70. The van der Waals surface area contributed by atoms with E-state index in [4.69, 9.17) is 4.52 Å². The van der Waals surface area contributed by atoms with E-state index in [0.717, 1.165) is 43.9 Å². The largest absolute Gasteiger partial charge is 0.361 e. The van der Waals surface area contributed by atoms with Crippen LogP contribution in [0.3, 0.4) is 0 Å². The van der Waals surface area contributed by atoms with Gasteiger partial charge in [-0.15, -0.1) is 0 Å². The summed E-state index contributed by atoms with van der Waals surface area (Å²) in [6, 6.07) is 1.97. The summed E-state index contributed by atoms with van der Waals surface area (Å²) in [5, 5.41) is 3.98. The zero-order valence-corrected chi connectivity index (χ0v) is 9.90. The number of hydrogen-bond acceptors (Lipinski definition) is 4. The monoisotopic (exact) mass is 222 g/mol. The van der Waals surface area contributed by atoms with Crippen LogP contribution in [0.4, 0.5) is 0 Å². The van der Waals surface area contributed by atoms with Crippen molar-refractivity contribution < 1.29 is 9.32 Å². The van der Waals surface area contributed by atoms with Crippen molar-refractivity contribution in [2.45, 2.75) is 33.2 Å². The van der Waals surface area contributed by atoms with Crippen molar-refractivity contribution in [3.05, 3.63) is 17.5 Å². The molecule has 1 aliphatic rings. The highest BCUT2D eigenvalue weighted by Gasteiger charge is 2.22. The van der Waals surface area contributed by atoms with Crippen LogP contribution in [-0.4, -0.2) is 28.9 Å². The van der Waals surface area contributed by atoms with Crippen LogP contribution in [-0.2, 0) is 11.3 Å². The molecular weight excluding hydrogens is 204 g/mol. The van der Waals surface area contributed by atoms with Crippen molar-refractivity contribution in [3.63, 3.8) is 0 Å². The summed E-state index contributed by atoms with van der Waals surface area (Å²) >= 11 is 0. The normalized spacial score (nSPS) is 18.9. The number of ketones is 1. The second kappa shape index (κ2) is 4.78. The lowest BCUT2D eigenvalue weighted by Gasteiger charge is -2.29. The Hall–Kier alpha value is -1.16. The Labute approximate surface area is 95.6 Å². The molecule has 88 valence electrons. The maximum absolute atomic E-state index is 11.2. The van der Waals surface area contributed by atoms with Crippen molar-refractivity contribution in [2.75, 3.05) is 13.1 Å². The third-order valence-electron chi connectivity index (χ3n) is 3.22. The molecule has 0 radical (unpaired) electrons. The van der Waals surface area contributed by atoms with E-state index < -0.39 is 0 Å². The minimum Gasteiger partial charge on any atom is -0.361 e. The molecule has 0 aromatic carbocycles. The third-order valence-corrected chi connectivity index (χ3v) is 3.22. The number of piperidine rings is 1. The molecule has 1 aliphatic heterocycles. The molecule has 1 fully saturated rings. The van der Waals surface area contributed by atoms with Crippen LogP contribution in [0.25, 0.3) is 0 Å². The minimum absolute atomic E-state index is 0.273. The Morgan fingerprint density at radius 1 is 1.56 bits per heavy atom. The number of nitrogens with zero attached hydrogens (tertiary/aromatic N) is 2. The van der Waals surface area contributed by atoms with Crippen molar-refractivity contribution in [1.82, 2.24) is 10.1 Å². The number of Topliss-reactive ketones (excluding diaryl/α,β-unsaturated/α-hetero) is 1. The Morgan fingerprint density at radius 2 is 2.25 bits per heavy atom. The number of carbonyl (C=O) groups is 1. The highest BCUT2D eigenvalue weighted by atomic mass is 16.5. The maximum atomic E-state index is 11.2. The van der Waals surface area contributed by atoms with E-state index in [1.54, 1.807) is 6.92 Å². The maximum Gasteiger partial charge on any atom is 0.133 e. The lowest BCUT2D eigenvalue weighted by Crippen LogP contribution is -2.35. The van der Waals surface area contributed by atoms with Gasteiger partial charge in [0.1, 0.15) is 11.5 Å². The van der Waals surface area contributed by atoms with Gasteiger partial charge in [0.05, 0.1) is 5.69 Å². The van der Waals surface area contributed by atoms with E-state index in [-0.39, 0.29) is 5.92 Å². The van der Waals surface area contributed by atoms with Gasteiger partial charge in [-0.3, -0.25) is 9.69 Å². The molecule has 16 heavy (non-hydrogen) atoms. The van der Waals surface area contributed by atoms with E-state index >= 15 is 0 Å². The van der Waals surface area contributed by atoms with Gasteiger partial charge in [0.2, 0.25) is 0 Å². The van der Waals surface area contributed by atoms with Crippen molar-refractivity contribution in [2.24, 2.45) is 5.92 Å². The van der Waals surface area contributed by atoms with Gasteiger partial charge in [0.15, 0.2) is 0 Å². The van der Waals surface area contributed by atoms with Crippen molar-refractivity contribution in [1.29, 1.82) is 0 Å². The molecule has 0 N–H and O–H groups in total. The molecule has 2 heterocycles. The SMILES string of the molecule is CC(=O)C1CCN(Cc2cc(C)on2)CC1. The molecule has 1 saturated heterocycles. The molecule has 2 rings (SSSR count). The first-order chi connectivity index (χ1) is 7.65. The summed E-state index contributed by atoms with van der Waals surface area (Å²) in [4.78, 5) is 13.6. The first kappa shape index (κ1) is 11.3. The fourth-order valence-corrected chi connectivity index (χ4v) is 2.22. The average molecular weight is 222 g/mol. The van der Waals surface area contributed by atoms with Gasteiger partial charge in [-0.05, 0) is 39.8 Å². The van der Waals surface area contributed by atoms with Crippen LogP contribution >= 0.6 is 0 Å². The molecule has 0 bridgehead atoms. The molecule has 0 amide bonds. The van der Waals surface area contributed by atoms with Gasteiger partial charge >= 0.3 is 0 Å². The lowest BCUT2D eigenvalue weighted by molar-refractivity contribution is -0.122. The predicted molar refractivity (Wildman–Crippen MR) is 59.9 cm³/mol. The number of aromatic nitrogens is 1. The Morgan fingerprint density at radius 3 is 2.75 bits per heavy atom. The molecular formula is C12H18N2O2. The van der Waals surface area contributed by atoms with Crippen LogP contribution in [0.2, 0.25) is 0 Å². The highest BCUT2D eigenvalue weighted by Crippen LogP contribution is 2.19. The average Bonchev–Trinajstić information content (AvgIpc) is 2.65. The minimum atomic E-state index is 0.273. The van der Waals surface area contributed by atoms with E-state index in [9.17, 15) is 4.79 Å². The van der Waals surface area contributed by atoms with Crippen LogP contribution in [0, 0.1) is 12.8 Å². The molecule has 1 aromatic heterocycles. The topological polar surface area (TPSA) is 46.3 Å². The first-order valence-corrected chi connectivity index (χ1v) is 5.80.